The van der Waals surface area contributed by atoms with E-state index in [1.165, 1.54) is 6.20 Å². The molecule has 0 aliphatic carbocycles. The first-order valence-corrected chi connectivity index (χ1v) is 13.5. The second-order valence-electron chi connectivity index (χ2n) is 10.4. The van der Waals surface area contributed by atoms with E-state index in [9.17, 15) is 22.8 Å². The maximum atomic E-state index is 14.1. The highest BCUT2D eigenvalue weighted by atomic mass is 19.4. The number of alkyl halides is 3. The molecule has 2 amide bonds. The molecule has 4 aromatic rings. The number of carbonyl (C=O) groups is 2. The first-order chi connectivity index (χ1) is 19.8. The van der Waals surface area contributed by atoms with Crippen LogP contribution in [0, 0.1) is 0 Å². The second kappa shape index (κ2) is 10.8. The molecule has 0 spiro atoms. The van der Waals surface area contributed by atoms with Gasteiger partial charge in [0, 0.05) is 31.0 Å². The Morgan fingerprint density at radius 2 is 1.46 bits per heavy atom. The SMILES string of the molecule is O=C(NC1CN(C(=O)c2cnn3c2NC(c2ccccc2)CC3C(F)(F)F)CC1c1ccccc1)c1ccccc1. The van der Waals surface area contributed by atoms with Gasteiger partial charge in [-0.15, -0.1) is 0 Å². The molecule has 2 aliphatic rings. The second-order valence-corrected chi connectivity index (χ2v) is 10.4. The van der Waals surface area contributed by atoms with Gasteiger partial charge in [-0.3, -0.25) is 9.59 Å². The van der Waals surface area contributed by atoms with Gasteiger partial charge in [-0.05, 0) is 23.3 Å². The molecule has 1 saturated heterocycles. The van der Waals surface area contributed by atoms with Crippen molar-refractivity contribution in [2.75, 3.05) is 18.4 Å². The topological polar surface area (TPSA) is 79.3 Å². The minimum absolute atomic E-state index is 0.0467. The standard InChI is InChI=1S/C31H28F3N5O2/c32-31(33,34)27-16-25(21-12-6-2-7-13-21)36-28-23(17-35-39(27)28)30(41)38-18-24(20-10-4-1-5-11-20)26(19-38)37-29(40)22-14-8-3-9-15-22/h1-15,17,24-27,36H,16,18-19H2,(H,37,40). The van der Waals surface area contributed by atoms with Crippen molar-refractivity contribution in [1.29, 1.82) is 0 Å². The van der Waals surface area contributed by atoms with Gasteiger partial charge in [0.2, 0.25) is 0 Å². The van der Waals surface area contributed by atoms with E-state index in [4.69, 9.17) is 0 Å². The van der Waals surface area contributed by atoms with Crippen LogP contribution in [-0.2, 0) is 0 Å². The summed E-state index contributed by atoms with van der Waals surface area (Å²) in [5.41, 5.74) is 2.23. The molecule has 3 heterocycles. The van der Waals surface area contributed by atoms with Crippen molar-refractivity contribution in [3.8, 4) is 0 Å². The number of amides is 2. The molecule has 4 unspecified atom stereocenters. The number of nitrogens with zero attached hydrogens (tertiary/aromatic N) is 3. The molecular formula is C31H28F3N5O2. The molecule has 41 heavy (non-hydrogen) atoms. The summed E-state index contributed by atoms with van der Waals surface area (Å²) in [6, 6.07) is 24.4. The van der Waals surface area contributed by atoms with Crippen LogP contribution in [0.25, 0.3) is 0 Å². The monoisotopic (exact) mass is 559 g/mol. The maximum Gasteiger partial charge on any atom is 0.410 e. The maximum absolute atomic E-state index is 14.1. The third kappa shape index (κ3) is 5.29. The molecule has 0 saturated carbocycles. The fourth-order valence-corrected chi connectivity index (χ4v) is 5.79. The van der Waals surface area contributed by atoms with Crippen LogP contribution < -0.4 is 10.6 Å². The quantitative estimate of drug-likeness (QED) is 0.335. The molecule has 3 aromatic carbocycles. The van der Waals surface area contributed by atoms with E-state index in [0.29, 0.717) is 11.1 Å². The van der Waals surface area contributed by atoms with Gasteiger partial charge in [0.15, 0.2) is 6.04 Å². The smallest absolute Gasteiger partial charge is 0.363 e. The Morgan fingerprint density at radius 1 is 0.854 bits per heavy atom. The molecule has 7 nitrogen and oxygen atoms in total. The molecule has 210 valence electrons. The summed E-state index contributed by atoms with van der Waals surface area (Å²) in [5.74, 6) is -0.850. The van der Waals surface area contributed by atoms with Crippen LogP contribution in [0.3, 0.4) is 0 Å². The lowest BCUT2D eigenvalue weighted by atomic mass is 9.94. The van der Waals surface area contributed by atoms with E-state index in [2.05, 4.69) is 15.7 Å². The average Bonchev–Trinajstić information content (AvgIpc) is 3.62. The zero-order chi connectivity index (χ0) is 28.6. The lowest BCUT2D eigenvalue weighted by molar-refractivity contribution is -0.173. The van der Waals surface area contributed by atoms with Gasteiger partial charge in [0.1, 0.15) is 11.4 Å². The van der Waals surface area contributed by atoms with Crippen molar-refractivity contribution in [1.82, 2.24) is 20.0 Å². The lowest BCUT2D eigenvalue weighted by Gasteiger charge is -2.34. The Bertz CT molecular complexity index is 1530. The Hall–Kier alpha value is -4.60. The Morgan fingerprint density at radius 3 is 2.10 bits per heavy atom. The summed E-state index contributed by atoms with van der Waals surface area (Å²) in [6.07, 6.45) is -3.58. The van der Waals surface area contributed by atoms with E-state index in [-0.39, 0.29) is 42.7 Å². The summed E-state index contributed by atoms with van der Waals surface area (Å²) < 4.78 is 43.3. The normalized spacial score (nSPS) is 22.1. The summed E-state index contributed by atoms with van der Waals surface area (Å²) in [7, 11) is 0. The molecule has 2 N–H and O–H groups in total. The van der Waals surface area contributed by atoms with Crippen molar-refractivity contribution in [3.05, 3.63) is 119 Å². The predicted octanol–water partition coefficient (Wildman–Crippen LogP) is 5.58. The van der Waals surface area contributed by atoms with E-state index in [0.717, 1.165) is 10.2 Å². The lowest BCUT2D eigenvalue weighted by Crippen LogP contribution is -2.40. The van der Waals surface area contributed by atoms with Crippen LogP contribution in [0.5, 0.6) is 0 Å². The molecular weight excluding hydrogens is 531 g/mol. The van der Waals surface area contributed by atoms with Crippen LogP contribution in [0.15, 0.2) is 97.2 Å². The molecule has 2 aliphatic heterocycles. The number of carbonyl (C=O) groups excluding carboxylic acids is 2. The Labute approximate surface area is 235 Å². The molecule has 0 bridgehead atoms. The highest BCUT2D eigenvalue weighted by Gasteiger charge is 2.48. The highest BCUT2D eigenvalue weighted by molar-refractivity contribution is 5.99. The highest BCUT2D eigenvalue weighted by Crippen LogP contribution is 2.44. The number of hydrogen-bond donors (Lipinski definition) is 2. The Kier molecular flexibility index (Phi) is 6.98. The van der Waals surface area contributed by atoms with Crippen LogP contribution in [0.4, 0.5) is 19.0 Å². The summed E-state index contributed by atoms with van der Waals surface area (Å²) >= 11 is 0. The van der Waals surface area contributed by atoms with Gasteiger partial charge in [0.25, 0.3) is 11.8 Å². The van der Waals surface area contributed by atoms with Gasteiger partial charge < -0.3 is 15.5 Å². The van der Waals surface area contributed by atoms with Crippen LogP contribution >= 0.6 is 0 Å². The van der Waals surface area contributed by atoms with E-state index in [1.807, 2.05) is 36.4 Å². The number of rotatable bonds is 5. The van der Waals surface area contributed by atoms with Crippen molar-refractivity contribution < 1.29 is 22.8 Å². The number of likely N-dealkylation sites (tertiary alicyclic amines) is 1. The zero-order valence-corrected chi connectivity index (χ0v) is 22.0. The predicted molar refractivity (Wildman–Crippen MR) is 148 cm³/mol. The summed E-state index contributed by atoms with van der Waals surface area (Å²) in [6.45, 7) is 0.490. The first kappa shape index (κ1) is 26.6. The van der Waals surface area contributed by atoms with E-state index < -0.39 is 30.2 Å². The largest absolute Gasteiger partial charge is 0.410 e. The van der Waals surface area contributed by atoms with Crippen molar-refractivity contribution in [2.45, 2.75) is 36.6 Å². The van der Waals surface area contributed by atoms with Gasteiger partial charge >= 0.3 is 6.18 Å². The van der Waals surface area contributed by atoms with Crippen LogP contribution in [-0.4, -0.2) is 51.8 Å². The van der Waals surface area contributed by atoms with Gasteiger partial charge in [0.05, 0.1) is 18.3 Å². The third-order valence-electron chi connectivity index (χ3n) is 7.86. The van der Waals surface area contributed by atoms with Crippen molar-refractivity contribution in [3.63, 3.8) is 0 Å². The van der Waals surface area contributed by atoms with Crippen LogP contribution in [0.1, 0.15) is 56.3 Å². The molecule has 6 rings (SSSR count). The first-order valence-electron chi connectivity index (χ1n) is 13.5. The number of aromatic nitrogens is 2. The fraction of sp³-hybridized carbons (Fsp3) is 0.258. The van der Waals surface area contributed by atoms with Gasteiger partial charge in [-0.2, -0.15) is 18.3 Å². The third-order valence-corrected chi connectivity index (χ3v) is 7.86. The van der Waals surface area contributed by atoms with E-state index >= 15 is 0 Å². The minimum Gasteiger partial charge on any atom is -0.363 e. The summed E-state index contributed by atoms with van der Waals surface area (Å²) in [4.78, 5) is 28.5. The molecule has 4 atom stereocenters. The number of anilines is 1. The number of nitrogens with one attached hydrogen (secondary N) is 2. The molecule has 0 radical (unpaired) electrons. The number of halogens is 3. The van der Waals surface area contributed by atoms with Gasteiger partial charge in [-0.25, -0.2) is 4.68 Å². The number of benzene rings is 3. The Balaban J connectivity index is 1.30. The summed E-state index contributed by atoms with van der Waals surface area (Å²) in [5, 5.41) is 10.3. The molecule has 1 aromatic heterocycles. The van der Waals surface area contributed by atoms with Crippen LogP contribution in [0.2, 0.25) is 0 Å². The minimum atomic E-state index is -4.55. The average molecular weight is 560 g/mol. The van der Waals surface area contributed by atoms with Crippen molar-refractivity contribution in [2.24, 2.45) is 0 Å². The molecule has 10 heteroatoms. The van der Waals surface area contributed by atoms with E-state index in [1.54, 1.807) is 59.5 Å². The molecule has 1 fully saturated rings. The van der Waals surface area contributed by atoms with Crippen molar-refractivity contribution >= 4 is 17.6 Å². The fourth-order valence-electron chi connectivity index (χ4n) is 5.79. The number of fused-ring (bicyclic) bond motifs is 1. The van der Waals surface area contributed by atoms with Gasteiger partial charge in [-0.1, -0.05) is 78.9 Å². The number of hydrogen-bond acceptors (Lipinski definition) is 4. The zero-order valence-electron chi connectivity index (χ0n) is 22.0.